The van der Waals surface area contributed by atoms with Crippen molar-refractivity contribution in [3.8, 4) is 5.75 Å². The van der Waals surface area contributed by atoms with E-state index in [0.29, 0.717) is 11.6 Å². The van der Waals surface area contributed by atoms with Gasteiger partial charge in [0.2, 0.25) is 0 Å². The van der Waals surface area contributed by atoms with Gasteiger partial charge in [-0.1, -0.05) is 0 Å². The Hall–Kier alpha value is -2.61. The number of alkyl halides is 11. The Bertz CT molecular complexity index is 806. The lowest BCUT2D eigenvalue weighted by molar-refractivity contribution is -0.476. The van der Waals surface area contributed by atoms with Crippen LogP contribution in [-0.2, 0) is 4.79 Å². The number of amides is 1. The van der Waals surface area contributed by atoms with E-state index in [9.17, 15) is 53.1 Å². The van der Waals surface area contributed by atoms with Crippen LogP contribution in [0.5, 0.6) is 5.75 Å². The predicted octanol–water partition coefficient (Wildman–Crippen LogP) is 3.74. The number of phenols is 1. The lowest BCUT2D eigenvalue weighted by Crippen LogP contribution is -2.86. The van der Waals surface area contributed by atoms with E-state index in [1.54, 1.807) is 0 Å². The molecule has 0 saturated heterocycles. The molecule has 1 aromatic carbocycles. The average Bonchev–Trinajstić information content (AvgIpc) is 2.60. The van der Waals surface area contributed by atoms with Crippen LogP contribution in [0.1, 0.15) is 5.56 Å². The molecular formula is C14H7F11N2O2. The third kappa shape index (κ3) is 2.58. The maximum atomic E-state index is 14.3. The molecule has 1 saturated carbocycles. The van der Waals surface area contributed by atoms with Crippen LogP contribution in [0.3, 0.4) is 0 Å². The van der Waals surface area contributed by atoms with Crippen LogP contribution in [0.25, 0.3) is 0 Å². The molecule has 0 spiro atoms. The SMILES string of the molecule is O=C(N/N=C/c1ccc(O)cc1)C1(F)C(F)(F)C(F)(F)C(F)(F)C(F)(F)C1(F)F. The van der Waals surface area contributed by atoms with Gasteiger partial charge in [0.05, 0.1) is 6.21 Å². The zero-order valence-electron chi connectivity index (χ0n) is 13.3. The molecule has 1 amide bonds. The van der Waals surface area contributed by atoms with E-state index in [4.69, 9.17) is 5.11 Å². The second kappa shape index (κ2) is 6.19. The number of hydrazone groups is 1. The van der Waals surface area contributed by atoms with E-state index in [-0.39, 0.29) is 11.3 Å². The molecule has 2 N–H and O–H groups in total. The van der Waals surface area contributed by atoms with Gasteiger partial charge in [0.15, 0.2) is 0 Å². The molecule has 0 aromatic heterocycles. The minimum absolute atomic E-state index is 0.0969. The minimum atomic E-state index is -7.40. The largest absolute Gasteiger partial charge is 0.508 e. The smallest absolute Gasteiger partial charge is 0.384 e. The van der Waals surface area contributed by atoms with Gasteiger partial charge in [-0.15, -0.1) is 0 Å². The summed E-state index contributed by atoms with van der Waals surface area (Å²) in [7, 11) is 0. The highest BCUT2D eigenvalue weighted by Gasteiger charge is 3.02. The summed E-state index contributed by atoms with van der Waals surface area (Å²) in [5.74, 6) is -40.5. The quantitative estimate of drug-likeness (QED) is 0.424. The summed E-state index contributed by atoms with van der Waals surface area (Å²) in [6.45, 7) is 0. The first-order chi connectivity index (χ1) is 12.9. The second-order valence-corrected chi connectivity index (χ2v) is 5.82. The van der Waals surface area contributed by atoms with Crippen LogP contribution in [0, 0.1) is 0 Å². The first kappa shape index (κ1) is 22.7. The first-order valence-corrected chi connectivity index (χ1v) is 7.10. The second-order valence-electron chi connectivity index (χ2n) is 5.82. The van der Waals surface area contributed by atoms with Crippen molar-refractivity contribution in [2.24, 2.45) is 5.10 Å². The lowest BCUT2D eigenvalue weighted by atomic mass is 9.72. The zero-order valence-corrected chi connectivity index (χ0v) is 13.3. The molecule has 1 fully saturated rings. The van der Waals surface area contributed by atoms with Crippen LogP contribution >= 0.6 is 0 Å². The number of aromatic hydroxyl groups is 1. The van der Waals surface area contributed by atoms with Crippen molar-refractivity contribution in [2.75, 3.05) is 0 Å². The van der Waals surface area contributed by atoms with Gasteiger partial charge in [0.1, 0.15) is 5.75 Å². The molecule has 4 nitrogen and oxygen atoms in total. The summed E-state index contributed by atoms with van der Waals surface area (Å²) in [5, 5.41) is 11.7. The zero-order chi connectivity index (χ0) is 22.7. The fourth-order valence-electron chi connectivity index (χ4n) is 2.31. The van der Waals surface area contributed by atoms with Crippen LogP contribution in [0.4, 0.5) is 48.3 Å². The Kier molecular flexibility index (Phi) is 4.84. The number of rotatable bonds is 3. The topological polar surface area (TPSA) is 61.7 Å². The first-order valence-electron chi connectivity index (χ1n) is 7.10. The fraction of sp³-hybridized carbons (Fsp3) is 0.429. The van der Waals surface area contributed by atoms with E-state index >= 15 is 0 Å². The highest BCUT2D eigenvalue weighted by Crippen LogP contribution is 2.69. The van der Waals surface area contributed by atoms with Crippen LogP contribution < -0.4 is 5.43 Å². The van der Waals surface area contributed by atoms with Crippen molar-refractivity contribution < 1.29 is 58.2 Å². The molecule has 0 unspecified atom stereocenters. The van der Waals surface area contributed by atoms with Crippen LogP contribution in [0.15, 0.2) is 29.4 Å². The highest BCUT2D eigenvalue weighted by atomic mass is 19.4. The van der Waals surface area contributed by atoms with E-state index in [0.717, 1.165) is 24.3 Å². The lowest BCUT2D eigenvalue weighted by Gasteiger charge is -2.51. The predicted molar refractivity (Wildman–Crippen MR) is 72.4 cm³/mol. The molecule has 1 aromatic rings. The van der Waals surface area contributed by atoms with Crippen molar-refractivity contribution >= 4 is 12.1 Å². The number of halogens is 11. The molecule has 29 heavy (non-hydrogen) atoms. The highest BCUT2D eigenvalue weighted by molar-refractivity contribution is 5.90. The molecule has 2 rings (SSSR count). The maximum absolute atomic E-state index is 14.3. The van der Waals surface area contributed by atoms with Gasteiger partial charge in [-0.25, -0.2) is 9.82 Å². The molecule has 0 atom stereocenters. The van der Waals surface area contributed by atoms with Gasteiger partial charge in [-0.3, -0.25) is 4.79 Å². The molecular weight excluding hydrogens is 437 g/mol. The van der Waals surface area contributed by atoms with Crippen molar-refractivity contribution in [3.63, 3.8) is 0 Å². The summed E-state index contributed by atoms with van der Waals surface area (Å²) >= 11 is 0. The van der Waals surface area contributed by atoms with Gasteiger partial charge in [-0.2, -0.15) is 49.0 Å². The molecule has 1 aliphatic carbocycles. The number of nitrogens with one attached hydrogen (secondary N) is 1. The van der Waals surface area contributed by atoms with Crippen LogP contribution in [0.2, 0.25) is 0 Å². The minimum Gasteiger partial charge on any atom is -0.508 e. The third-order valence-corrected chi connectivity index (χ3v) is 4.03. The maximum Gasteiger partial charge on any atom is 0.384 e. The molecule has 1 aliphatic rings. The van der Waals surface area contributed by atoms with Crippen molar-refractivity contribution in [3.05, 3.63) is 29.8 Å². The van der Waals surface area contributed by atoms with Crippen molar-refractivity contribution in [1.82, 2.24) is 5.43 Å². The van der Waals surface area contributed by atoms with Gasteiger partial charge >= 0.3 is 35.3 Å². The third-order valence-electron chi connectivity index (χ3n) is 4.03. The van der Waals surface area contributed by atoms with E-state index < -0.39 is 41.2 Å². The number of carbonyl (C=O) groups is 1. The van der Waals surface area contributed by atoms with E-state index in [2.05, 4.69) is 5.10 Å². The summed E-state index contributed by atoms with van der Waals surface area (Å²) in [6, 6.07) is 4.07. The molecule has 0 radical (unpaired) electrons. The van der Waals surface area contributed by atoms with Crippen molar-refractivity contribution in [2.45, 2.75) is 35.3 Å². The van der Waals surface area contributed by atoms with Gasteiger partial charge in [0.25, 0.3) is 5.91 Å². The monoisotopic (exact) mass is 444 g/mol. The Balaban J connectivity index is 2.49. The number of nitrogens with zero attached hydrogens (tertiary/aromatic N) is 1. The Morgan fingerprint density at radius 2 is 1.14 bits per heavy atom. The normalized spacial score (nSPS) is 25.5. The molecule has 0 bridgehead atoms. The summed E-state index contributed by atoms with van der Waals surface area (Å²) in [5.41, 5.74) is -6.31. The number of hydrogen-bond acceptors (Lipinski definition) is 3. The number of phenolic OH excluding ortho intramolecular Hbond substituents is 1. The summed E-state index contributed by atoms with van der Waals surface area (Å²) < 4.78 is 148. The van der Waals surface area contributed by atoms with E-state index in [1.807, 2.05) is 0 Å². The van der Waals surface area contributed by atoms with Crippen molar-refractivity contribution in [1.29, 1.82) is 0 Å². The average molecular weight is 444 g/mol. The van der Waals surface area contributed by atoms with Crippen LogP contribution in [-0.4, -0.2) is 52.5 Å². The number of benzene rings is 1. The van der Waals surface area contributed by atoms with Gasteiger partial charge < -0.3 is 5.11 Å². The van der Waals surface area contributed by atoms with Gasteiger partial charge in [0, 0.05) is 0 Å². The molecule has 0 aliphatic heterocycles. The summed E-state index contributed by atoms with van der Waals surface area (Å²) in [6.07, 6.45) is 0.435. The Morgan fingerprint density at radius 3 is 1.55 bits per heavy atom. The number of hydrogen-bond donors (Lipinski definition) is 2. The fourth-order valence-corrected chi connectivity index (χ4v) is 2.31. The number of carbonyl (C=O) groups excluding carboxylic acids is 1. The molecule has 15 heteroatoms. The van der Waals surface area contributed by atoms with E-state index in [1.165, 1.54) is 0 Å². The standard InChI is InChI=1S/C14H7F11N2O2/c15-9(8(29)27-26-5-6-1-3-7(28)4-2-6)10(16,17)12(20,21)14(24,25)13(22,23)11(9,18)19/h1-5,28H,(H,27,29)/b26-5+. The van der Waals surface area contributed by atoms with Gasteiger partial charge in [-0.05, 0) is 29.8 Å². The molecule has 162 valence electrons. The summed E-state index contributed by atoms with van der Waals surface area (Å²) in [4.78, 5) is 11.5. The Labute approximate surface area is 153 Å². The molecule has 0 heterocycles. The Morgan fingerprint density at radius 1 is 0.759 bits per heavy atom.